The number of carbonyl (C=O) groups is 1. The fourth-order valence-corrected chi connectivity index (χ4v) is 3.28. The van der Waals surface area contributed by atoms with E-state index in [1.807, 2.05) is 0 Å². The quantitative estimate of drug-likeness (QED) is 0.576. The Kier molecular flexibility index (Phi) is 5.26. The lowest BCUT2D eigenvalue weighted by atomic mass is 10.0. The van der Waals surface area contributed by atoms with Gasteiger partial charge in [-0.2, -0.15) is 13.2 Å². The molecule has 1 aromatic heterocycles. The Labute approximate surface area is 167 Å². The SMILES string of the molecule is COc1ccc(Cl)c(C2=N[C@@H](C)C(=O)N(N)c3ccc(C(F)(F)F)c(Cl)c32)n1. The number of anilines is 1. The zero-order chi connectivity index (χ0) is 20.8. The third-order valence-corrected chi connectivity index (χ3v) is 4.79. The van der Waals surface area contributed by atoms with Crippen LogP contribution in [0.3, 0.4) is 0 Å². The maximum absolute atomic E-state index is 13.4. The van der Waals surface area contributed by atoms with Gasteiger partial charge in [-0.3, -0.25) is 9.79 Å². The lowest BCUT2D eigenvalue weighted by Crippen LogP contribution is -2.42. The second-order valence-corrected chi connectivity index (χ2v) is 6.65. The Bertz CT molecular complexity index is 995. The number of hydrazine groups is 1. The summed E-state index contributed by atoms with van der Waals surface area (Å²) in [6.45, 7) is 1.45. The summed E-state index contributed by atoms with van der Waals surface area (Å²) in [5, 5.41) is 0.141. The Hall–Kier alpha value is -2.36. The number of hydrogen-bond donors (Lipinski definition) is 1. The van der Waals surface area contributed by atoms with E-state index in [2.05, 4.69) is 9.98 Å². The van der Waals surface area contributed by atoms with Gasteiger partial charge in [0.05, 0.1) is 34.1 Å². The van der Waals surface area contributed by atoms with Crippen molar-refractivity contribution >= 4 is 40.5 Å². The number of nitrogens with zero attached hydrogens (tertiary/aromatic N) is 3. The predicted octanol–water partition coefficient (Wildman–Crippen LogP) is 3.86. The molecule has 28 heavy (non-hydrogen) atoms. The molecule has 0 aliphatic carbocycles. The van der Waals surface area contributed by atoms with Crippen LogP contribution >= 0.6 is 23.2 Å². The summed E-state index contributed by atoms with van der Waals surface area (Å²) in [6, 6.07) is 3.72. The zero-order valence-electron chi connectivity index (χ0n) is 14.5. The Morgan fingerprint density at radius 2 is 1.89 bits per heavy atom. The third-order valence-electron chi connectivity index (χ3n) is 4.09. The number of nitrogens with two attached hydrogens (primary N) is 1. The van der Waals surface area contributed by atoms with Crippen molar-refractivity contribution < 1.29 is 22.7 Å². The highest BCUT2D eigenvalue weighted by Gasteiger charge is 2.38. The largest absolute Gasteiger partial charge is 0.481 e. The summed E-state index contributed by atoms with van der Waals surface area (Å²) in [4.78, 5) is 20.8. The summed E-state index contributed by atoms with van der Waals surface area (Å²) in [7, 11) is 1.37. The first-order valence-electron chi connectivity index (χ1n) is 7.83. The lowest BCUT2D eigenvalue weighted by Gasteiger charge is -2.21. The summed E-state index contributed by atoms with van der Waals surface area (Å²) in [6.07, 6.45) is -4.73. The number of ether oxygens (including phenoxy) is 1. The first-order chi connectivity index (χ1) is 13.1. The van der Waals surface area contributed by atoms with E-state index < -0.39 is 28.7 Å². The van der Waals surface area contributed by atoms with Crippen molar-refractivity contribution in [1.29, 1.82) is 0 Å². The number of rotatable bonds is 2. The Morgan fingerprint density at radius 3 is 2.50 bits per heavy atom. The van der Waals surface area contributed by atoms with Gasteiger partial charge >= 0.3 is 6.18 Å². The molecule has 0 saturated carbocycles. The number of alkyl halides is 3. The number of aliphatic imine (C=N–C) groups is 1. The van der Waals surface area contributed by atoms with Gasteiger partial charge in [0, 0.05) is 11.6 Å². The van der Waals surface area contributed by atoms with Crippen LogP contribution in [0.5, 0.6) is 5.88 Å². The van der Waals surface area contributed by atoms with E-state index in [4.69, 9.17) is 33.8 Å². The van der Waals surface area contributed by atoms with E-state index in [1.165, 1.54) is 26.2 Å². The van der Waals surface area contributed by atoms with Crippen molar-refractivity contribution in [3.8, 4) is 5.88 Å². The molecule has 0 radical (unpaired) electrons. The minimum atomic E-state index is -4.73. The van der Waals surface area contributed by atoms with Crippen molar-refractivity contribution in [2.75, 3.05) is 12.1 Å². The monoisotopic (exact) mass is 432 g/mol. The first kappa shape index (κ1) is 20.4. The Morgan fingerprint density at radius 1 is 1.21 bits per heavy atom. The van der Waals surface area contributed by atoms with Crippen molar-refractivity contribution in [2.24, 2.45) is 10.8 Å². The molecule has 3 rings (SSSR count). The van der Waals surface area contributed by atoms with Crippen molar-refractivity contribution in [3.05, 3.63) is 51.1 Å². The van der Waals surface area contributed by atoms with Crippen LogP contribution in [0, 0.1) is 0 Å². The van der Waals surface area contributed by atoms with Crippen molar-refractivity contribution in [2.45, 2.75) is 19.1 Å². The highest BCUT2D eigenvalue weighted by Crippen LogP contribution is 2.42. The molecule has 1 amide bonds. The molecule has 0 saturated heterocycles. The second kappa shape index (κ2) is 7.23. The van der Waals surface area contributed by atoms with E-state index in [0.717, 1.165) is 17.1 Å². The summed E-state index contributed by atoms with van der Waals surface area (Å²) in [5.41, 5.74) is -1.43. The molecule has 11 heteroatoms. The topological polar surface area (TPSA) is 80.8 Å². The van der Waals surface area contributed by atoms with E-state index in [0.29, 0.717) is 0 Å². The van der Waals surface area contributed by atoms with E-state index in [9.17, 15) is 18.0 Å². The maximum Gasteiger partial charge on any atom is 0.417 e. The third kappa shape index (κ3) is 3.41. The molecule has 2 aromatic rings. The average Bonchev–Trinajstić information content (AvgIpc) is 2.72. The maximum atomic E-state index is 13.4. The fourth-order valence-electron chi connectivity index (χ4n) is 2.73. The van der Waals surface area contributed by atoms with Gasteiger partial charge in [-0.05, 0) is 25.1 Å². The molecule has 6 nitrogen and oxygen atoms in total. The molecule has 0 bridgehead atoms. The number of carbonyl (C=O) groups excluding carboxylic acids is 1. The fraction of sp³-hybridized carbons (Fsp3) is 0.235. The Balaban J connectivity index is 2.40. The van der Waals surface area contributed by atoms with Crippen LogP contribution < -0.4 is 15.6 Å². The van der Waals surface area contributed by atoms with Crippen LogP contribution in [0.2, 0.25) is 10.0 Å². The molecule has 1 aliphatic heterocycles. The van der Waals surface area contributed by atoms with Gasteiger partial charge < -0.3 is 4.74 Å². The smallest absolute Gasteiger partial charge is 0.417 e. The minimum Gasteiger partial charge on any atom is -0.481 e. The van der Waals surface area contributed by atoms with Gasteiger partial charge in [0.25, 0.3) is 5.91 Å². The van der Waals surface area contributed by atoms with Gasteiger partial charge in [0.15, 0.2) is 0 Å². The standard InChI is InChI=1S/C17H13Cl2F3N4O2/c1-7-16(27)26(23)10-5-3-8(17(20,21)22)13(19)12(10)15(24-7)14-9(18)4-6-11(25-14)28-2/h3-7H,23H2,1-2H3/t7-/m0/s1. The number of amides is 1. The predicted molar refractivity (Wildman–Crippen MR) is 99.0 cm³/mol. The average molecular weight is 433 g/mol. The van der Waals surface area contributed by atoms with Crippen LogP contribution in [0.25, 0.3) is 0 Å². The van der Waals surface area contributed by atoms with Gasteiger partial charge in [-0.1, -0.05) is 23.2 Å². The molecule has 2 N–H and O–H groups in total. The van der Waals surface area contributed by atoms with Crippen molar-refractivity contribution in [1.82, 2.24) is 4.98 Å². The molecule has 1 aromatic carbocycles. The number of halogens is 5. The second-order valence-electron chi connectivity index (χ2n) is 5.86. The van der Waals surface area contributed by atoms with Crippen LogP contribution in [-0.2, 0) is 11.0 Å². The molecular formula is C17H13Cl2F3N4O2. The summed E-state index contributed by atoms with van der Waals surface area (Å²) >= 11 is 12.3. The highest BCUT2D eigenvalue weighted by molar-refractivity contribution is 6.40. The molecule has 2 heterocycles. The summed E-state index contributed by atoms with van der Waals surface area (Å²) < 4.78 is 45.3. The van der Waals surface area contributed by atoms with E-state index >= 15 is 0 Å². The van der Waals surface area contributed by atoms with Gasteiger partial charge in [0.1, 0.15) is 11.7 Å². The molecule has 0 spiro atoms. The first-order valence-corrected chi connectivity index (χ1v) is 8.59. The minimum absolute atomic E-state index is 0.0124. The number of aromatic nitrogens is 1. The van der Waals surface area contributed by atoms with E-state index in [1.54, 1.807) is 0 Å². The number of hydrogen-bond acceptors (Lipinski definition) is 5. The zero-order valence-corrected chi connectivity index (χ0v) is 16.0. The number of benzodiazepines with no additional fused rings is 1. The molecular weight excluding hydrogens is 420 g/mol. The van der Waals surface area contributed by atoms with Crippen LogP contribution in [0.1, 0.15) is 23.7 Å². The molecule has 0 fully saturated rings. The number of benzene rings is 1. The molecule has 1 atom stereocenters. The molecule has 148 valence electrons. The van der Waals surface area contributed by atoms with E-state index in [-0.39, 0.29) is 33.6 Å². The van der Waals surface area contributed by atoms with Gasteiger partial charge in [-0.15, -0.1) is 0 Å². The number of fused-ring (bicyclic) bond motifs is 1. The van der Waals surface area contributed by atoms with Crippen LogP contribution in [0.15, 0.2) is 29.3 Å². The van der Waals surface area contributed by atoms with Gasteiger partial charge in [-0.25, -0.2) is 15.8 Å². The molecule has 1 aliphatic rings. The van der Waals surface area contributed by atoms with Crippen LogP contribution in [0.4, 0.5) is 18.9 Å². The number of pyridine rings is 1. The normalized spacial score (nSPS) is 17.1. The lowest BCUT2D eigenvalue weighted by molar-refractivity contribution is -0.137. The van der Waals surface area contributed by atoms with Crippen LogP contribution in [-0.4, -0.2) is 29.8 Å². The highest BCUT2D eigenvalue weighted by atomic mass is 35.5. The molecule has 0 unspecified atom stereocenters. The van der Waals surface area contributed by atoms with Crippen molar-refractivity contribution in [3.63, 3.8) is 0 Å². The number of methoxy groups -OCH3 is 1. The van der Waals surface area contributed by atoms with Gasteiger partial charge in [0.2, 0.25) is 5.88 Å². The summed E-state index contributed by atoms with van der Waals surface area (Å²) in [5.74, 6) is 5.35.